The maximum Gasteiger partial charge on any atom is 0.337 e. The second-order valence-corrected chi connectivity index (χ2v) is 5.37. The Balaban J connectivity index is 1.92. The molecule has 0 fully saturated rings. The third-order valence-corrected chi connectivity index (χ3v) is 3.55. The van der Waals surface area contributed by atoms with Crippen molar-refractivity contribution in [2.45, 2.75) is 6.17 Å². The Hall–Kier alpha value is -3.67. The monoisotopic (exact) mass is 344 g/mol. The van der Waals surface area contributed by atoms with E-state index in [1.54, 1.807) is 18.2 Å². The first-order valence-electron chi connectivity index (χ1n) is 7.98. The fourth-order valence-corrected chi connectivity index (χ4v) is 2.26. The molecule has 0 saturated heterocycles. The number of hydrogen-bond donors (Lipinski definition) is 1. The first-order valence-corrected chi connectivity index (χ1v) is 7.98. The van der Waals surface area contributed by atoms with Gasteiger partial charge in [0, 0.05) is 5.56 Å². The van der Waals surface area contributed by atoms with Gasteiger partial charge in [-0.25, -0.2) is 4.79 Å². The van der Waals surface area contributed by atoms with Gasteiger partial charge in [-0.3, -0.25) is 0 Å². The number of aromatic carboxylic acids is 1. The van der Waals surface area contributed by atoms with E-state index in [9.17, 15) is 9.90 Å². The molecule has 128 valence electrons. The molecule has 1 N–H and O–H groups in total. The van der Waals surface area contributed by atoms with E-state index in [0.29, 0.717) is 5.69 Å². The van der Waals surface area contributed by atoms with E-state index in [0.717, 1.165) is 5.56 Å². The molecule has 0 aromatic heterocycles. The van der Waals surface area contributed by atoms with Crippen LogP contribution in [-0.4, -0.2) is 11.1 Å². The van der Waals surface area contributed by atoms with E-state index in [1.807, 2.05) is 60.7 Å². The molecular weight excluding hydrogens is 328 g/mol. The molecule has 0 radical (unpaired) electrons. The number of rotatable bonds is 6. The summed E-state index contributed by atoms with van der Waals surface area (Å²) in [5.41, 5.74) is 1.87. The third-order valence-electron chi connectivity index (χ3n) is 3.55. The number of carbonyl (C=O) groups is 1. The number of nitrogens with zero attached hydrogens (tertiary/aromatic N) is 4. The van der Waals surface area contributed by atoms with Crippen molar-refractivity contribution in [1.29, 1.82) is 0 Å². The molecule has 6 heteroatoms. The average Bonchev–Trinajstić information content (AvgIpc) is 2.69. The van der Waals surface area contributed by atoms with Crippen LogP contribution in [0.15, 0.2) is 105 Å². The lowest BCUT2D eigenvalue weighted by Crippen LogP contribution is -1.96. The lowest BCUT2D eigenvalue weighted by atomic mass is 10.2. The molecule has 1 atom stereocenters. The van der Waals surface area contributed by atoms with Gasteiger partial charge >= 0.3 is 5.97 Å². The fraction of sp³-hybridized carbons (Fsp3) is 0.0500. The summed E-state index contributed by atoms with van der Waals surface area (Å²) in [6.07, 6.45) is -0.668. The maximum absolute atomic E-state index is 11.3. The molecule has 0 heterocycles. The van der Waals surface area contributed by atoms with Crippen LogP contribution in [0.1, 0.15) is 22.1 Å². The number of benzene rings is 3. The van der Waals surface area contributed by atoms with Crippen LogP contribution in [0.3, 0.4) is 0 Å². The molecular formula is C20H16N4O2. The van der Waals surface area contributed by atoms with Crippen LogP contribution in [0.5, 0.6) is 0 Å². The highest BCUT2D eigenvalue weighted by atomic mass is 16.4. The predicted octanol–water partition coefficient (Wildman–Crippen LogP) is 5.95. The molecule has 6 nitrogen and oxygen atoms in total. The molecule has 0 aliphatic carbocycles. The standard InChI is InChI=1S/C20H16N4O2/c25-20(26)17-13-7-8-14-18(17)22-24-19(15-9-3-1-4-10-15)23-21-16-11-5-2-6-12-16/h1-14,19H,(H,25,26). The molecule has 0 amide bonds. The quantitative estimate of drug-likeness (QED) is 0.560. The second-order valence-electron chi connectivity index (χ2n) is 5.37. The lowest BCUT2D eigenvalue weighted by Gasteiger charge is -2.06. The van der Waals surface area contributed by atoms with Crippen molar-refractivity contribution in [1.82, 2.24) is 0 Å². The van der Waals surface area contributed by atoms with Crippen molar-refractivity contribution < 1.29 is 9.90 Å². The molecule has 26 heavy (non-hydrogen) atoms. The predicted molar refractivity (Wildman–Crippen MR) is 98.1 cm³/mol. The Morgan fingerprint density at radius 3 is 2.00 bits per heavy atom. The minimum Gasteiger partial charge on any atom is -0.478 e. The van der Waals surface area contributed by atoms with Crippen molar-refractivity contribution in [3.8, 4) is 0 Å². The highest BCUT2D eigenvalue weighted by molar-refractivity contribution is 5.93. The summed E-state index contributed by atoms with van der Waals surface area (Å²) in [6.45, 7) is 0. The molecule has 1 unspecified atom stereocenters. The van der Waals surface area contributed by atoms with E-state index in [2.05, 4.69) is 20.5 Å². The minimum atomic E-state index is -1.05. The molecule has 3 rings (SSSR count). The van der Waals surface area contributed by atoms with Crippen LogP contribution in [0.25, 0.3) is 0 Å². The summed E-state index contributed by atoms with van der Waals surface area (Å²) in [4.78, 5) is 11.3. The van der Waals surface area contributed by atoms with Gasteiger partial charge in [-0.05, 0) is 24.3 Å². The van der Waals surface area contributed by atoms with Gasteiger partial charge in [-0.15, -0.1) is 0 Å². The summed E-state index contributed by atoms with van der Waals surface area (Å²) in [6, 6.07) is 25.1. The molecule has 0 aliphatic rings. The van der Waals surface area contributed by atoms with Crippen LogP contribution >= 0.6 is 0 Å². The van der Waals surface area contributed by atoms with Gasteiger partial charge in [-0.2, -0.15) is 20.5 Å². The topological polar surface area (TPSA) is 86.7 Å². The van der Waals surface area contributed by atoms with Gasteiger partial charge in [0.2, 0.25) is 6.17 Å². The van der Waals surface area contributed by atoms with Crippen molar-refractivity contribution >= 4 is 17.3 Å². The molecule has 0 spiro atoms. The zero-order valence-electron chi connectivity index (χ0n) is 13.8. The van der Waals surface area contributed by atoms with Gasteiger partial charge in [0.15, 0.2) is 0 Å². The summed E-state index contributed by atoms with van der Waals surface area (Å²) in [7, 11) is 0. The number of hydrogen-bond acceptors (Lipinski definition) is 5. The van der Waals surface area contributed by atoms with Crippen LogP contribution in [-0.2, 0) is 0 Å². The number of carboxylic acid groups (broad SMARTS) is 1. The SMILES string of the molecule is O=C(O)c1ccccc1N=NC(N=Nc1ccccc1)c1ccccc1. The Labute approximate surface area is 150 Å². The summed E-state index contributed by atoms with van der Waals surface area (Å²) >= 11 is 0. The molecule has 3 aromatic carbocycles. The van der Waals surface area contributed by atoms with Gasteiger partial charge in [0.05, 0.1) is 16.9 Å². The Bertz CT molecular complexity index is 925. The number of azo groups is 2. The highest BCUT2D eigenvalue weighted by Gasteiger charge is 2.11. The molecule has 0 bridgehead atoms. The lowest BCUT2D eigenvalue weighted by molar-refractivity contribution is 0.0697. The normalized spacial score (nSPS) is 12.5. The van der Waals surface area contributed by atoms with E-state index in [-0.39, 0.29) is 11.3 Å². The van der Waals surface area contributed by atoms with Gasteiger partial charge in [-0.1, -0.05) is 60.7 Å². The number of carboxylic acids is 1. The molecule has 0 saturated carbocycles. The Morgan fingerprint density at radius 1 is 0.731 bits per heavy atom. The molecule has 3 aromatic rings. The average molecular weight is 344 g/mol. The van der Waals surface area contributed by atoms with E-state index >= 15 is 0 Å². The zero-order chi connectivity index (χ0) is 18.2. The Morgan fingerprint density at radius 2 is 1.31 bits per heavy atom. The minimum absolute atomic E-state index is 0.0862. The first kappa shape index (κ1) is 17.2. The fourth-order valence-electron chi connectivity index (χ4n) is 2.26. The van der Waals surface area contributed by atoms with E-state index < -0.39 is 12.1 Å². The molecule has 0 aliphatic heterocycles. The Kier molecular flexibility index (Phi) is 5.57. The van der Waals surface area contributed by atoms with Crippen molar-refractivity contribution in [3.05, 3.63) is 96.1 Å². The van der Waals surface area contributed by atoms with E-state index in [1.165, 1.54) is 6.07 Å². The summed E-state index contributed by atoms with van der Waals surface area (Å²) in [5, 5.41) is 26.1. The largest absolute Gasteiger partial charge is 0.478 e. The second kappa shape index (κ2) is 8.43. The van der Waals surface area contributed by atoms with Crippen molar-refractivity contribution in [3.63, 3.8) is 0 Å². The van der Waals surface area contributed by atoms with Crippen molar-refractivity contribution in [2.24, 2.45) is 20.5 Å². The van der Waals surface area contributed by atoms with Crippen LogP contribution in [0.4, 0.5) is 11.4 Å². The van der Waals surface area contributed by atoms with Gasteiger partial charge < -0.3 is 5.11 Å². The van der Waals surface area contributed by atoms with Gasteiger partial charge in [0.25, 0.3) is 0 Å². The highest BCUT2D eigenvalue weighted by Crippen LogP contribution is 2.26. The summed E-state index contributed by atoms with van der Waals surface area (Å²) < 4.78 is 0. The van der Waals surface area contributed by atoms with Crippen LogP contribution in [0, 0.1) is 0 Å². The third kappa shape index (κ3) is 4.45. The zero-order valence-corrected chi connectivity index (χ0v) is 13.8. The van der Waals surface area contributed by atoms with Crippen LogP contribution in [0.2, 0.25) is 0 Å². The van der Waals surface area contributed by atoms with Crippen LogP contribution < -0.4 is 0 Å². The smallest absolute Gasteiger partial charge is 0.337 e. The first-order chi connectivity index (χ1) is 12.7. The maximum atomic E-state index is 11.3. The van der Waals surface area contributed by atoms with Crippen molar-refractivity contribution in [2.75, 3.05) is 0 Å². The van der Waals surface area contributed by atoms with Gasteiger partial charge in [0.1, 0.15) is 0 Å². The summed E-state index contributed by atoms with van der Waals surface area (Å²) in [5.74, 6) is -1.05. The van der Waals surface area contributed by atoms with E-state index in [4.69, 9.17) is 0 Å².